The summed E-state index contributed by atoms with van der Waals surface area (Å²) in [5.74, 6) is 2.44. The van der Waals surface area contributed by atoms with E-state index < -0.39 is 0 Å². The van der Waals surface area contributed by atoms with Crippen LogP contribution < -0.4 is 10.1 Å². The van der Waals surface area contributed by atoms with E-state index in [1.807, 2.05) is 35.4 Å². The van der Waals surface area contributed by atoms with Gasteiger partial charge in [0.2, 0.25) is 11.9 Å². The number of ether oxygens (including phenoxy) is 1. The van der Waals surface area contributed by atoms with E-state index in [4.69, 9.17) is 4.74 Å². The molecule has 1 aliphatic rings. The molecule has 31 heavy (non-hydrogen) atoms. The van der Waals surface area contributed by atoms with Gasteiger partial charge in [0.05, 0.1) is 19.0 Å². The predicted molar refractivity (Wildman–Crippen MR) is 117 cm³/mol. The standard InChI is InChI=1S/C23H26N6O2/c1-31-19-6-3-17(4-7-19)5-8-22(30)29-13-9-18(10-14-29)20-15-24-16-21(27-20)28-23-25-11-2-12-26-23/h2-4,6-7,11-12,15-16,18H,5,8-10,13-14H2,1H3,(H,25,26,27,28). The van der Waals surface area contributed by atoms with Gasteiger partial charge in [-0.3, -0.25) is 9.78 Å². The summed E-state index contributed by atoms with van der Waals surface area (Å²) in [6.07, 6.45) is 9.85. The third-order valence-corrected chi connectivity index (χ3v) is 5.51. The van der Waals surface area contributed by atoms with Crippen LogP contribution in [0.5, 0.6) is 5.75 Å². The first kappa shape index (κ1) is 20.7. The van der Waals surface area contributed by atoms with Crippen molar-refractivity contribution in [2.75, 3.05) is 25.5 Å². The molecule has 1 aromatic carbocycles. The van der Waals surface area contributed by atoms with Crippen molar-refractivity contribution in [1.29, 1.82) is 0 Å². The van der Waals surface area contributed by atoms with Crippen molar-refractivity contribution in [3.63, 3.8) is 0 Å². The lowest BCUT2D eigenvalue weighted by atomic mass is 9.93. The van der Waals surface area contributed by atoms with E-state index in [0.29, 0.717) is 18.2 Å². The van der Waals surface area contributed by atoms with Gasteiger partial charge in [0, 0.05) is 44.0 Å². The molecule has 1 N–H and O–H groups in total. The third kappa shape index (κ3) is 5.53. The fraction of sp³-hybridized carbons (Fsp3) is 0.348. The van der Waals surface area contributed by atoms with Crippen LogP contribution in [0.4, 0.5) is 11.8 Å². The van der Waals surface area contributed by atoms with Crippen molar-refractivity contribution >= 4 is 17.7 Å². The summed E-state index contributed by atoms with van der Waals surface area (Å²) in [7, 11) is 1.65. The number of anilines is 2. The number of piperidine rings is 1. The number of carbonyl (C=O) groups excluding carboxylic acids is 1. The highest BCUT2D eigenvalue weighted by atomic mass is 16.5. The average Bonchev–Trinajstić information content (AvgIpc) is 2.84. The molecule has 0 spiro atoms. The number of nitrogens with one attached hydrogen (secondary N) is 1. The molecule has 0 atom stereocenters. The van der Waals surface area contributed by atoms with Crippen molar-refractivity contribution < 1.29 is 9.53 Å². The van der Waals surface area contributed by atoms with Crippen LogP contribution in [0.25, 0.3) is 0 Å². The maximum atomic E-state index is 12.6. The predicted octanol–water partition coefficient (Wildman–Crippen LogP) is 3.36. The number of hydrogen-bond donors (Lipinski definition) is 1. The summed E-state index contributed by atoms with van der Waals surface area (Å²) >= 11 is 0. The first-order valence-electron chi connectivity index (χ1n) is 10.5. The Bertz CT molecular complexity index is 988. The lowest BCUT2D eigenvalue weighted by molar-refractivity contribution is -0.132. The molecule has 0 unspecified atom stereocenters. The molecule has 1 fully saturated rings. The largest absolute Gasteiger partial charge is 0.497 e. The van der Waals surface area contributed by atoms with Crippen LogP contribution >= 0.6 is 0 Å². The Morgan fingerprint density at radius 3 is 2.58 bits per heavy atom. The zero-order chi connectivity index (χ0) is 21.5. The first-order chi connectivity index (χ1) is 15.2. The zero-order valence-electron chi connectivity index (χ0n) is 17.6. The van der Waals surface area contributed by atoms with Gasteiger partial charge in [-0.25, -0.2) is 15.0 Å². The molecule has 8 heteroatoms. The maximum absolute atomic E-state index is 12.6. The van der Waals surface area contributed by atoms with E-state index in [0.717, 1.165) is 49.4 Å². The molecule has 3 heterocycles. The van der Waals surface area contributed by atoms with Gasteiger partial charge < -0.3 is 15.0 Å². The Labute approximate surface area is 181 Å². The highest BCUT2D eigenvalue weighted by molar-refractivity contribution is 5.76. The number of likely N-dealkylation sites (tertiary alicyclic amines) is 1. The minimum Gasteiger partial charge on any atom is -0.497 e. The van der Waals surface area contributed by atoms with Crippen LogP contribution in [-0.4, -0.2) is 50.9 Å². The van der Waals surface area contributed by atoms with Crippen molar-refractivity contribution in [2.45, 2.75) is 31.6 Å². The molecule has 1 amide bonds. The molecule has 1 aliphatic heterocycles. The molecular weight excluding hydrogens is 392 g/mol. The van der Waals surface area contributed by atoms with Gasteiger partial charge in [-0.05, 0) is 43.0 Å². The quantitative estimate of drug-likeness (QED) is 0.629. The summed E-state index contributed by atoms with van der Waals surface area (Å²) in [4.78, 5) is 31.9. The van der Waals surface area contributed by atoms with Crippen molar-refractivity contribution in [1.82, 2.24) is 24.8 Å². The number of hydrogen-bond acceptors (Lipinski definition) is 7. The highest BCUT2D eigenvalue weighted by Gasteiger charge is 2.25. The Morgan fingerprint density at radius 1 is 1.13 bits per heavy atom. The van der Waals surface area contributed by atoms with Crippen LogP contribution in [0.15, 0.2) is 55.1 Å². The maximum Gasteiger partial charge on any atom is 0.228 e. The monoisotopic (exact) mass is 418 g/mol. The van der Waals surface area contributed by atoms with Gasteiger partial charge in [0.25, 0.3) is 0 Å². The van der Waals surface area contributed by atoms with Crippen molar-refractivity contribution in [3.05, 3.63) is 66.4 Å². The lowest BCUT2D eigenvalue weighted by Crippen LogP contribution is -2.38. The number of benzene rings is 1. The SMILES string of the molecule is COc1ccc(CCC(=O)N2CCC(c3cncc(Nc4ncccn4)n3)CC2)cc1. The fourth-order valence-corrected chi connectivity index (χ4v) is 3.74. The van der Waals surface area contributed by atoms with E-state index >= 15 is 0 Å². The minimum atomic E-state index is 0.206. The van der Waals surface area contributed by atoms with E-state index in [2.05, 4.69) is 25.3 Å². The van der Waals surface area contributed by atoms with Gasteiger partial charge in [-0.1, -0.05) is 12.1 Å². The van der Waals surface area contributed by atoms with Gasteiger partial charge in [-0.2, -0.15) is 0 Å². The van der Waals surface area contributed by atoms with Gasteiger partial charge in [0.15, 0.2) is 5.82 Å². The van der Waals surface area contributed by atoms with E-state index in [9.17, 15) is 4.79 Å². The van der Waals surface area contributed by atoms with Crippen LogP contribution in [-0.2, 0) is 11.2 Å². The third-order valence-electron chi connectivity index (χ3n) is 5.51. The molecular formula is C23H26N6O2. The van der Waals surface area contributed by atoms with E-state index in [1.54, 1.807) is 31.8 Å². The molecule has 3 aromatic rings. The molecule has 160 valence electrons. The van der Waals surface area contributed by atoms with Crippen molar-refractivity contribution in [2.24, 2.45) is 0 Å². The lowest BCUT2D eigenvalue weighted by Gasteiger charge is -2.31. The summed E-state index contributed by atoms with van der Waals surface area (Å²) in [5, 5.41) is 3.08. The Kier molecular flexibility index (Phi) is 6.66. The van der Waals surface area contributed by atoms with E-state index in [-0.39, 0.29) is 11.8 Å². The Morgan fingerprint density at radius 2 is 1.87 bits per heavy atom. The summed E-state index contributed by atoms with van der Waals surface area (Å²) < 4.78 is 5.18. The van der Waals surface area contributed by atoms with Crippen LogP contribution in [0.3, 0.4) is 0 Å². The van der Waals surface area contributed by atoms with Crippen LogP contribution in [0.1, 0.15) is 36.4 Å². The number of rotatable bonds is 7. The summed E-state index contributed by atoms with van der Waals surface area (Å²) in [6.45, 7) is 1.49. The van der Waals surface area contributed by atoms with Crippen molar-refractivity contribution in [3.8, 4) is 5.75 Å². The van der Waals surface area contributed by atoms with Gasteiger partial charge >= 0.3 is 0 Å². The number of nitrogens with zero attached hydrogens (tertiary/aromatic N) is 5. The second kappa shape index (κ2) is 9.97. The van der Waals surface area contributed by atoms with Crippen LogP contribution in [0, 0.1) is 0 Å². The number of carbonyl (C=O) groups is 1. The van der Waals surface area contributed by atoms with Gasteiger partial charge in [-0.15, -0.1) is 0 Å². The summed E-state index contributed by atoms with van der Waals surface area (Å²) in [5.41, 5.74) is 2.08. The molecule has 0 radical (unpaired) electrons. The molecule has 2 aromatic heterocycles. The highest BCUT2D eigenvalue weighted by Crippen LogP contribution is 2.27. The fourth-order valence-electron chi connectivity index (χ4n) is 3.74. The first-order valence-corrected chi connectivity index (χ1v) is 10.5. The van der Waals surface area contributed by atoms with Crippen LogP contribution in [0.2, 0.25) is 0 Å². The van der Waals surface area contributed by atoms with E-state index in [1.165, 1.54) is 0 Å². The normalized spacial score (nSPS) is 14.3. The zero-order valence-corrected chi connectivity index (χ0v) is 17.6. The second-order valence-electron chi connectivity index (χ2n) is 7.53. The molecule has 0 aliphatic carbocycles. The Hall–Kier alpha value is -3.55. The molecule has 0 saturated carbocycles. The minimum absolute atomic E-state index is 0.206. The summed E-state index contributed by atoms with van der Waals surface area (Å²) in [6, 6.07) is 9.65. The molecule has 0 bridgehead atoms. The molecule has 1 saturated heterocycles. The number of aryl methyl sites for hydroxylation is 1. The number of aromatic nitrogens is 4. The number of amides is 1. The topological polar surface area (TPSA) is 93.1 Å². The molecule has 4 rings (SSSR count). The second-order valence-corrected chi connectivity index (χ2v) is 7.53. The average molecular weight is 419 g/mol. The Balaban J connectivity index is 1.28. The molecule has 8 nitrogen and oxygen atoms in total. The number of methoxy groups -OCH3 is 1. The van der Waals surface area contributed by atoms with Gasteiger partial charge in [0.1, 0.15) is 5.75 Å². The smallest absolute Gasteiger partial charge is 0.228 e.